The summed E-state index contributed by atoms with van der Waals surface area (Å²) in [4.78, 5) is 48.2. The van der Waals surface area contributed by atoms with Crippen molar-refractivity contribution in [2.75, 3.05) is 5.73 Å². The third-order valence-corrected chi connectivity index (χ3v) is 10.5. The van der Waals surface area contributed by atoms with Crippen molar-refractivity contribution in [3.63, 3.8) is 0 Å². The van der Waals surface area contributed by atoms with Gasteiger partial charge >= 0.3 is 0 Å². The van der Waals surface area contributed by atoms with E-state index < -0.39 is 10.8 Å². The number of benzene rings is 2. The van der Waals surface area contributed by atoms with E-state index in [1.165, 1.54) is 24.9 Å². The molecule has 13 nitrogen and oxygen atoms in total. The largest absolute Gasteiger partial charge is 0.449 e. The fraction of sp³-hybridized carbons (Fsp3) is 0.300. The first-order chi connectivity index (χ1) is 26.5. The van der Waals surface area contributed by atoms with E-state index in [0.717, 1.165) is 66.5 Å². The molecule has 4 aromatic heterocycles. The van der Waals surface area contributed by atoms with E-state index in [0.29, 0.717) is 46.7 Å². The molecule has 6 N–H and O–H groups in total. The van der Waals surface area contributed by atoms with Crippen LogP contribution in [-0.4, -0.2) is 41.7 Å². The molecule has 2 fully saturated rings. The molecule has 2 aliphatic carbocycles. The summed E-state index contributed by atoms with van der Waals surface area (Å²) in [5.74, 6) is 0.679. The van der Waals surface area contributed by atoms with Gasteiger partial charge in [-0.2, -0.15) is 0 Å². The van der Waals surface area contributed by atoms with Crippen LogP contribution < -0.4 is 17.2 Å². The van der Waals surface area contributed by atoms with Gasteiger partial charge in [-0.15, -0.1) is 0 Å². The molecule has 0 spiro atoms. The Morgan fingerprint density at radius 1 is 0.661 bits per heavy atom. The Hall–Kier alpha value is -5.37. The Balaban J connectivity index is 0.000000186. The molecular formula is C40H42Cl3N9O4. The lowest BCUT2D eigenvalue weighted by molar-refractivity contribution is -0.121. The Bertz CT molecular complexity index is 2240. The van der Waals surface area contributed by atoms with Crippen molar-refractivity contribution >= 4 is 52.6 Å². The number of oxazole rings is 2. The molecule has 0 bridgehead atoms. The molecule has 292 valence electrons. The molecule has 0 aliphatic heterocycles. The third kappa shape index (κ3) is 10.1. The lowest BCUT2D eigenvalue weighted by Crippen LogP contribution is -2.29. The van der Waals surface area contributed by atoms with E-state index in [1.54, 1.807) is 12.4 Å². The van der Waals surface area contributed by atoms with Gasteiger partial charge in [-0.05, 0) is 85.2 Å². The molecule has 2 amide bonds. The molecule has 0 saturated heterocycles. The summed E-state index contributed by atoms with van der Waals surface area (Å²) in [6.07, 6.45) is 15.6. The minimum Gasteiger partial charge on any atom is -0.449 e. The highest BCUT2D eigenvalue weighted by atomic mass is 35.5. The number of hydrogen-bond donors (Lipinski definition) is 3. The molecule has 56 heavy (non-hydrogen) atoms. The first-order valence-electron chi connectivity index (χ1n) is 17.5. The smallest absolute Gasteiger partial charge is 0.291 e. The second-order valence-corrected chi connectivity index (χ2v) is 14.3. The Labute approximate surface area is 339 Å². The molecule has 2 aromatic carbocycles. The van der Waals surface area contributed by atoms with Crippen LogP contribution in [0, 0.1) is 0 Å². The molecular weight excluding hydrogens is 777 g/mol. The predicted octanol–water partition coefficient (Wildman–Crippen LogP) is 6.99. The zero-order chi connectivity index (χ0) is 39.0. The van der Waals surface area contributed by atoms with Crippen LogP contribution in [0.3, 0.4) is 0 Å². The molecule has 16 heteroatoms. The average Bonchev–Trinajstić information content (AvgIpc) is 4.07. The summed E-state index contributed by atoms with van der Waals surface area (Å²) in [7, 11) is 0. The molecule has 6 aromatic rings. The van der Waals surface area contributed by atoms with Gasteiger partial charge < -0.3 is 26.0 Å². The van der Waals surface area contributed by atoms with Gasteiger partial charge in [0.2, 0.25) is 23.0 Å². The fourth-order valence-corrected chi connectivity index (χ4v) is 6.95. The van der Waals surface area contributed by atoms with Crippen LogP contribution in [0.25, 0.3) is 0 Å². The number of hydrogen-bond acceptors (Lipinski definition) is 11. The zero-order valence-electron chi connectivity index (χ0n) is 29.6. The van der Waals surface area contributed by atoms with Gasteiger partial charge in [-0.3, -0.25) is 9.59 Å². The summed E-state index contributed by atoms with van der Waals surface area (Å²) in [6, 6.07) is 16.1. The highest BCUT2D eigenvalue weighted by Crippen LogP contribution is 2.50. The Morgan fingerprint density at radius 3 is 1.61 bits per heavy atom. The van der Waals surface area contributed by atoms with Crippen molar-refractivity contribution in [1.29, 1.82) is 0 Å². The maximum absolute atomic E-state index is 11.9. The number of nitrogens with two attached hydrogens (primary N) is 3. The number of anilines is 1. The van der Waals surface area contributed by atoms with Crippen molar-refractivity contribution < 1.29 is 18.4 Å². The van der Waals surface area contributed by atoms with E-state index in [-0.39, 0.29) is 30.5 Å². The lowest BCUT2D eigenvalue weighted by atomic mass is 9.88. The summed E-state index contributed by atoms with van der Waals surface area (Å²) >= 11 is 18.2. The van der Waals surface area contributed by atoms with Crippen LogP contribution in [0.15, 0.2) is 94.7 Å². The standard InChI is InChI=1S/C20H19ClN4O2.C16H15Cl2N3O.C3H4N2O.CH4/c21-15-12-24-17(11-18-23-9-10-27-18)25-16(15)6-5-13-3-1-2-4-14(13)20(7-8-20)19(22)26;17-12-9-20-15(18)21-13(12)6-5-10-3-1-2-4-11(10)16(7-8-16)14(19)22;4-3-5-1-2-6-3;/h1-4,9-10,12H,5-8,11H2,(H2,22,26);1-4,9H,5-8H2,(H2,19,22);1-2H,(H2,4,5);1H4. The van der Waals surface area contributed by atoms with Gasteiger partial charge in [0.25, 0.3) is 6.01 Å². The third-order valence-electron chi connectivity index (χ3n) is 9.67. The van der Waals surface area contributed by atoms with Crippen molar-refractivity contribution in [2.45, 2.75) is 76.0 Å². The van der Waals surface area contributed by atoms with E-state index in [2.05, 4.69) is 34.3 Å². The lowest BCUT2D eigenvalue weighted by Gasteiger charge is -2.16. The number of aryl methyl sites for hydroxylation is 4. The number of amides is 2. The number of carbonyl (C=O) groups excluding carboxylic acids is 2. The van der Waals surface area contributed by atoms with Crippen LogP contribution in [0.2, 0.25) is 15.3 Å². The summed E-state index contributed by atoms with van der Waals surface area (Å²) in [5.41, 5.74) is 21.0. The number of nitrogens with zero attached hydrogens (tertiary/aromatic N) is 6. The molecule has 2 saturated carbocycles. The van der Waals surface area contributed by atoms with E-state index in [1.807, 2.05) is 48.5 Å². The number of halogens is 3. The molecule has 0 unspecified atom stereocenters. The van der Waals surface area contributed by atoms with E-state index >= 15 is 0 Å². The normalized spacial score (nSPS) is 14.2. The molecule has 2 aliphatic rings. The number of rotatable bonds is 12. The summed E-state index contributed by atoms with van der Waals surface area (Å²) in [6.45, 7) is 0. The number of aromatic nitrogens is 6. The molecule has 8 rings (SSSR count). The molecule has 0 radical (unpaired) electrons. The highest BCUT2D eigenvalue weighted by molar-refractivity contribution is 6.32. The Kier molecular flexibility index (Phi) is 13.8. The van der Waals surface area contributed by atoms with Crippen LogP contribution in [0.1, 0.15) is 78.5 Å². The minimum absolute atomic E-state index is 0. The topological polar surface area (TPSA) is 216 Å². The van der Waals surface area contributed by atoms with Crippen molar-refractivity contribution in [3.8, 4) is 0 Å². The summed E-state index contributed by atoms with van der Waals surface area (Å²) < 4.78 is 9.75. The maximum atomic E-state index is 11.9. The first kappa shape index (κ1) is 41.8. The quantitative estimate of drug-likeness (QED) is 0.107. The van der Waals surface area contributed by atoms with E-state index in [4.69, 9.17) is 56.4 Å². The Morgan fingerprint density at radius 2 is 1.16 bits per heavy atom. The monoisotopic (exact) mass is 817 g/mol. The van der Waals surface area contributed by atoms with Crippen LogP contribution in [0.5, 0.6) is 0 Å². The van der Waals surface area contributed by atoms with Crippen molar-refractivity contribution in [3.05, 3.63) is 147 Å². The highest BCUT2D eigenvalue weighted by Gasteiger charge is 2.51. The van der Waals surface area contributed by atoms with Gasteiger partial charge in [0, 0.05) is 6.20 Å². The van der Waals surface area contributed by atoms with Gasteiger partial charge in [0.05, 0.1) is 57.3 Å². The van der Waals surface area contributed by atoms with Crippen molar-refractivity contribution in [1.82, 2.24) is 29.9 Å². The minimum atomic E-state index is -0.498. The number of primary amides is 2. The zero-order valence-corrected chi connectivity index (χ0v) is 31.9. The number of nitrogen functional groups attached to an aromatic ring is 1. The number of carbonyl (C=O) groups is 2. The SMILES string of the molecule is C.NC(=O)C1(c2ccccc2CCc2nc(Cc3ncco3)ncc2Cl)CC1.NC(=O)C1(c2ccccc2CCc2nc(Cl)ncc2Cl)CC1.Nc1ncco1. The van der Waals surface area contributed by atoms with Gasteiger partial charge in [0.15, 0.2) is 0 Å². The van der Waals surface area contributed by atoms with E-state index in [9.17, 15) is 9.59 Å². The first-order valence-corrected chi connectivity index (χ1v) is 18.6. The van der Waals surface area contributed by atoms with Gasteiger partial charge in [0.1, 0.15) is 18.4 Å². The van der Waals surface area contributed by atoms with Crippen molar-refractivity contribution in [2.24, 2.45) is 11.5 Å². The van der Waals surface area contributed by atoms with Gasteiger partial charge in [-0.1, -0.05) is 79.2 Å². The average molecular weight is 819 g/mol. The molecule has 0 atom stereocenters. The summed E-state index contributed by atoms with van der Waals surface area (Å²) in [5, 5.41) is 1.21. The second kappa shape index (κ2) is 18.5. The van der Waals surface area contributed by atoms with Crippen LogP contribution >= 0.6 is 34.8 Å². The maximum Gasteiger partial charge on any atom is 0.291 e. The molecule has 4 heterocycles. The van der Waals surface area contributed by atoms with Gasteiger partial charge in [-0.25, -0.2) is 29.9 Å². The predicted molar refractivity (Wildman–Crippen MR) is 214 cm³/mol. The fourth-order valence-electron chi connectivity index (χ4n) is 6.43. The van der Waals surface area contributed by atoms with Crippen LogP contribution in [0.4, 0.5) is 6.01 Å². The second-order valence-electron chi connectivity index (χ2n) is 13.2. The van der Waals surface area contributed by atoms with Crippen LogP contribution in [-0.2, 0) is 52.5 Å².